The van der Waals surface area contributed by atoms with Gasteiger partial charge in [0.1, 0.15) is 16.0 Å². The lowest BCUT2D eigenvalue weighted by Gasteiger charge is -2.13. The Morgan fingerprint density at radius 1 is 1.20 bits per heavy atom. The summed E-state index contributed by atoms with van der Waals surface area (Å²) in [7, 11) is 6.24. The standard InChI is InChI=1S/C13H17BrN2O4/c1-16(2)11(17)7-15-13(18)8-5-9(19-3)12(14)10(6-8)20-4/h5-6H,7H2,1-4H3,(H,15,18). The molecule has 0 saturated heterocycles. The van der Waals surface area contributed by atoms with Crippen molar-refractivity contribution < 1.29 is 19.1 Å². The van der Waals surface area contributed by atoms with E-state index >= 15 is 0 Å². The van der Waals surface area contributed by atoms with Gasteiger partial charge >= 0.3 is 0 Å². The van der Waals surface area contributed by atoms with Crippen LogP contribution in [-0.2, 0) is 4.79 Å². The Hall–Kier alpha value is -1.76. The molecule has 110 valence electrons. The fourth-order valence-corrected chi connectivity index (χ4v) is 1.97. The smallest absolute Gasteiger partial charge is 0.251 e. The van der Waals surface area contributed by atoms with Crippen LogP contribution in [0.4, 0.5) is 0 Å². The molecule has 0 aliphatic rings. The van der Waals surface area contributed by atoms with Gasteiger partial charge in [0.05, 0.1) is 20.8 Å². The predicted octanol–water partition coefficient (Wildman–Crippen LogP) is 1.28. The van der Waals surface area contributed by atoms with Crippen molar-refractivity contribution in [1.29, 1.82) is 0 Å². The van der Waals surface area contributed by atoms with Gasteiger partial charge in [-0.2, -0.15) is 0 Å². The van der Waals surface area contributed by atoms with Gasteiger partial charge in [0.25, 0.3) is 5.91 Å². The number of hydrogen-bond donors (Lipinski definition) is 1. The predicted molar refractivity (Wildman–Crippen MR) is 78.3 cm³/mol. The quantitative estimate of drug-likeness (QED) is 0.873. The van der Waals surface area contributed by atoms with Gasteiger partial charge in [0.2, 0.25) is 5.91 Å². The van der Waals surface area contributed by atoms with Gasteiger partial charge in [0, 0.05) is 19.7 Å². The van der Waals surface area contributed by atoms with E-state index in [2.05, 4.69) is 21.2 Å². The average Bonchev–Trinajstić information content (AvgIpc) is 2.44. The zero-order valence-corrected chi connectivity index (χ0v) is 13.4. The fourth-order valence-electron chi connectivity index (χ4n) is 1.42. The molecule has 0 unspecified atom stereocenters. The van der Waals surface area contributed by atoms with Crippen molar-refractivity contribution in [2.24, 2.45) is 0 Å². The fraction of sp³-hybridized carbons (Fsp3) is 0.385. The van der Waals surface area contributed by atoms with Crippen molar-refractivity contribution in [1.82, 2.24) is 10.2 Å². The summed E-state index contributed by atoms with van der Waals surface area (Å²) in [6.45, 7) is -0.0630. The minimum absolute atomic E-state index is 0.0630. The van der Waals surface area contributed by atoms with E-state index in [-0.39, 0.29) is 18.4 Å². The summed E-state index contributed by atoms with van der Waals surface area (Å²) in [4.78, 5) is 24.9. The Balaban J connectivity index is 2.90. The zero-order valence-electron chi connectivity index (χ0n) is 11.8. The van der Waals surface area contributed by atoms with Gasteiger partial charge < -0.3 is 19.7 Å². The van der Waals surface area contributed by atoms with Crippen molar-refractivity contribution in [2.75, 3.05) is 34.9 Å². The normalized spacial score (nSPS) is 9.85. The zero-order chi connectivity index (χ0) is 15.3. The molecule has 0 aliphatic heterocycles. The van der Waals surface area contributed by atoms with E-state index in [9.17, 15) is 9.59 Å². The van der Waals surface area contributed by atoms with E-state index in [1.807, 2.05) is 0 Å². The first-order valence-corrected chi connectivity index (χ1v) is 6.59. The Morgan fingerprint density at radius 2 is 1.70 bits per heavy atom. The molecule has 0 fully saturated rings. The van der Waals surface area contributed by atoms with E-state index in [4.69, 9.17) is 9.47 Å². The number of benzene rings is 1. The third-order valence-corrected chi connectivity index (χ3v) is 3.39. The summed E-state index contributed by atoms with van der Waals surface area (Å²) < 4.78 is 10.9. The summed E-state index contributed by atoms with van der Waals surface area (Å²) in [5.41, 5.74) is 0.355. The SMILES string of the molecule is COc1cc(C(=O)NCC(=O)N(C)C)cc(OC)c1Br. The van der Waals surface area contributed by atoms with Gasteiger partial charge in [-0.15, -0.1) is 0 Å². The average molecular weight is 345 g/mol. The largest absolute Gasteiger partial charge is 0.495 e. The van der Waals surface area contributed by atoms with Crippen LogP contribution in [-0.4, -0.2) is 51.6 Å². The van der Waals surface area contributed by atoms with Crippen LogP contribution < -0.4 is 14.8 Å². The van der Waals surface area contributed by atoms with Gasteiger partial charge in [-0.25, -0.2) is 0 Å². The van der Waals surface area contributed by atoms with E-state index in [1.165, 1.54) is 19.1 Å². The highest BCUT2D eigenvalue weighted by Gasteiger charge is 2.15. The number of amides is 2. The number of nitrogens with one attached hydrogen (secondary N) is 1. The van der Waals surface area contributed by atoms with Crippen LogP contribution in [0.1, 0.15) is 10.4 Å². The Bertz CT molecular complexity index is 492. The monoisotopic (exact) mass is 344 g/mol. The molecule has 0 saturated carbocycles. The van der Waals surface area contributed by atoms with Gasteiger partial charge in [-0.05, 0) is 28.1 Å². The molecule has 6 nitrogen and oxygen atoms in total. The molecule has 2 amide bonds. The number of likely N-dealkylation sites (N-methyl/N-ethyl adjacent to an activating group) is 1. The van der Waals surface area contributed by atoms with Gasteiger partial charge in [-0.1, -0.05) is 0 Å². The number of ether oxygens (including phenoxy) is 2. The molecule has 0 bridgehead atoms. The molecule has 1 aromatic carbocycles. The number of hydrogen-bond acceptors (Lipinski definition) is 4. The first kappa shape index (κ1) is 16.3. The van der Waals surface area contributed by atoms with E-state index in [1.54, 1.807) is 26.2 Å². The second-order valence-electron chi connectivity index (χ2n) is 4.17. The molecule has 7 heteroatoms. The lowest BCUT2D eigenvalue weighted by molar-refractivity contribution is -0.127. The summed E-state index contributed by atoms with van der Waals surface area (Å²) >= 11 is 3.32. The molecule has 0 atom stereocenters. The van der Waals surface area contributed by atoms with Crippen LogP contribution in [0.3, 0.4) is 0 Å². The van der Waals surface area contributed by atoms with Crippen LogP contribution in [0, 0.1) is 0 Å². The Morgan fingerprint density at radius 3 is 2.10 bits per heavy atom. The van der Waals surface area contributed by atoms with Crippen molar-refractivity contribution in [2.45, 2.75) is 0 Å². The Labute approximate surface area is 126 Å². The van der Waals surface area contributed by atoms with Crippen LogP contribution in [0.25, 0.3) is 0 Å². The minimum Gasteiger partial charge on any atom is -0.495 e. The maximum atomic E-state index is 12.0. The first-order chi connectivity index (χ1) is 9.40. The summed E-state index contributed by atoms with van der Waals surface area (Å²) in [6.07, 6.45) is 0. The molecular formula is C13H17BrN2O4. The van der Waals surface area contributed by atoms with Gasteiger partial charge in [-0.3, -0.25) is 9.59 Å². The lowest BCUT2D eigenvalue weighted by atomic mass is 10.2. The molecule has 20 heavy (non-hydrogen) atoms. The number of halogens is 1. The van der Waals surface area contributed by atoms with E-state index in [0.717, 1.165) is 0 Å². The Kier molecular flexibility index (Phi) is 5.82. The number of carbonyl (C=O) groups excluding carboxylic acids is 2. The molecule has 1 N–H and O–H groups in total. The van der Waals surface area contributed by atoms with Crippen molar-refractivity contribution in [3.05, 3.63) is 22.2 Å². The van der Waals surface area contributed by atoms with Crippen molar-refractivity contribution in [3.63, 3.8) is 0 Å². The maximum Gasteiger partial charge on any atom is 0.251 e. The minimum atomic E-state index is -0.371. The van der Waals surface area contributed by atoms with Crippen LogP contribution in [0.15, 0.2) is 16.6 Å². The van der Waals surface area contributed by atoms with E-state index in [0.29, 0.717) is 21.5 Å². The van der Waals surface area contributed by atoms with Crippen LogP contribution in [0.2, 0.25) is 0 Å². The second-order valence-corrected chi connectivity index (χ2v) is 4.96. The maximum absolute atomic E-state index is 12.0. The third-order valence-electron chi connectivity index (χ3n) is 2.61. The molecule has 0 heterocycles. The lowest BCUT2D eigenvalue weighted by Crippen LogP contribution is -2.36. The highest BCUT2D eigenvalue weighted by molar-refractivity contribution is 9.10. The number of carbonyl (C=O) groups is 2. The summed E-state index contributed by atoms with van der Waals surface area (Å²) in [5.74, 6) is 0.403. The van der Waals surface area contributed by atoms with Crippen molar-refractivity contribution >= 4 is 27.7 Å². The molecule has 0 aliphatic carbocycles. The molecule has 0 aromatic heterocycles. The highest BCUT2D eigenvalue weighted by atomic mass is 79.9. The first-order valence-electron chi connectivity index (χ1n) is 5.80. The second kappa shape index (κ2) is 7.14. The molecular weight excluding hydrogens is 328 g/mol. The molecule has 1 rings (SSSR count). The van der Waals surface area contributed by atoms with Crippen LogP contribution >= 0.6 is 15.9 Å². The van der Waals surface area contributed by atoms with Crippen molar-refractivity contribution in [3.8, 4) is 11.5 Å². The summed E-state index contributed by atoms with van der Waals surface area (Å²) in [6, 6.07) is 3.14. The molecule has 0 radical (unpaired) electrons. The summed E-state index contributed by atoms with van der Waals surface area (Å²) in [5, 5.41) is 2.55. The van der Waals surface area contributed by atoms with Crippen LogP contribution in [0.5, 0.6) is 11.5 Å². The number of nitrogens with zero attached hydrogens (tertiary/aromatic N) is 1. The van der Waals surface area contributed by atoms with E-state index < -0.39 is 0 Å². The van der Waals surface area contributed by atoms with Gasteiger partial charge in [0.15, 0.2) is 0 Å². The highest BCUT2D eigenvalue weighted by Crippen LogP contribution is 2.35. The third kappa shape index (κ3) is 3.86. The molecule has 0 spiro atoms. The number of methoxy groups -OCH3 is 2. The topological polar surface area (TPSA) is 67.9 Å². The molecule has 1 aromatic rings. The number of rotatable bonds is 5.